The first-order valence-corrected chi connectivity index (χ1v) is 7.98. The van der Waals surface area contributed by atoms with Crippen LogP contribution in [0.5, 0.6) is 0 Å². The molecule has 1 rings (SSSR count). The van der Waals surface area contributed by atoms with Crippen LogP contribution in [-0.4, -0.2) is 6.54 Å². The molecule has 0 radical (unpaired) electrons. The van der Waals surface area contributed by atoms with E-state index < -0.39 is 0 Å². The molecule has 17 heavy (non-hydrogen) atoms. The highest BCUT2D eigenvalue weighted by atomic mass is 32.1. The largest absolute Gasteiger partial charge is 0.309 e. The summed E-state index contributed by atoms with van der Waals surface area (Å²) in [6.45, 7) is 7.97. The van der Waals surface area contributed by atoms with Gasteiger partial charge in [0.25, 0.3) is 0 Å². The normalized spacial score (nSPS) is 13.2. The van der Waals surface area contributed by atoms with E-state index in [-0.39, 0.29) is 0 Å². The second-order valence-corrected chi connectivity index (χ2v) is 5.76. The number of hydrogen-bond acceptors (Lipinski definition) is 2. The third-order valence-electron chi connectivity index (χ3n) is 3.25. The van der Waals surface area contributed by atoms with Gasteiger partial charge in [0.15, 0.2) is 0 Å². The van der Waals surface area contributed by atoms with E-state index in [9.17, 15) is 0 Å². The van der Waals surface area contributed by atoms with Gasteiger partial charge in [-0.3, -0.25) is 0 Å². The number of rotatable bonds is 9. The molecule has 1 heterocycles. The minimum absolute atomic E-state index is 0.579. The Morgan fingerprint density at radius 2 is 1.82 bits per heavy atom. The van der Waals surface area contributed by atoms with E-state index in [2.05, 4.69) is 43.6 Å². The van der Waals surface area contributed by atoms with Crippen molar-refractivity contribution < 1.29 is 0 Å². The lowest BCUT2D eigenvalue weighted by Gasteiger charge is -2.27. The van der Waals surface area contributed by atoms with Crippen LogP contribution in [0.15, 0.2) is 17.5 Å². The first-order valence-electron chi connectivity index (χ1n) is 7.10. The maximum atomic E-state index is 3.75. The van der Waals surface area contributed by atoms with E-state index in [1.807, 2.05) is 11.3 Å². The Hall–Kier alpha value is -0.340. The Kier molecular flexibility index (Phi) is 7.54. The molecule has 0 amide bonds. The summed E-state index contributed by atoms with van der Waals surface area (Å²) in [5.41, 5.74) is 0. The molecule has 0 spiro atoms. The van der Waals surface area contributed by atoms with Gasteiger partial charge in [-0.25, -0.2) is 0 Å². The lowest BCUT2D eigenvalue weighted by atomic mass is 9.89. The second kappa shape index (κ2) is 8.71. The Labute approximate surface area is 111 Å². The molecular weight excluding hydrogens is 226 g/mol. The molecule has 0 fully saturated rings. The van der Waals surface area contributed by atoms with Crippen molar-refractivity contribution in [3.05, 3.63) is 22.4 Å². The zero-order valence-corrected chi connectivity index (χ0v) is 12.4. The fourth-order valence-electron chi connectivity index (χ4n) is 2.49. The molecule has 0 saturated heterocycles. The van der Waals surface area contributed by atoms with Crippen molar-refractivity contribution in [3.63, 3.8) is 0 Å². The topological polar surface area (TPSA) is 12.0 Å². The van der Waals surface area contributed by atoms with Crippen LogP contribution in [0, 0.1) is 5.92 Å². The quantitative estimate of drug-likeness (QED) is 0.652. The molecule has 1 unspecified atom stereocenters. The average Bonchev–Trinajstić information content (AvgIpc) is 2.84. The zero-order valence-electron chi connectivity index (χ0n) is 11.5. The lowest BCUT2D eigenvalue weighted by Crippen LogP contribution is -2.28. The van der Waals surface area contributed by atoms with Gasteiger partial charge in [0, 0.05) is 10.9 Å². The van der Waals surface area contributed by atoms with Gasteiger partial charge in [0.2, 0.25) is 0 Å². The molecule has 1 nitrogen and oxygen atoms in total. The van der Waals surface area contributed by atoms with Crippen LogP contribution in [0.4, 0.5) is 0 Å². The number of hydrogen-bond donors (Lipinski definition) is 1. The molecule has 0 aliphatic carbocycles. The minimum atomic E-state index is 0.579. The monoisotopic (exact) mass is 253 g/mol. The number of nitrogens with one attached hydrogen (secondary N) is 1. The van der Waals surface area contributed by atoms with E-state index in [0.717, 1.165) is 12.5 Å². The summed E-state index contributed by atoms with van der Waals surface area (Å²) in [6, 6.07) is 5.04. The van der Waals surface area contributed by atoms with Crippen LogP contribution in [-0.2, 0) is 0 Å². The summed E-state index contributed by atoms with van der Waals surface area (Å²) in [4.78, 5) is 1.52. The first kappa shape index (κ1) is 14.7. The molecule has 0 aliphatic heterocycles. The van der Waals surface area contributed by atoms with Crippen LogP contribution >= 0.6 is 11.3 Å². The van der Waals surface area contributed by atoms with Gasteiger partial charge in [-0.15, -0.1) is 11.3 Å². The Morgan fingerprint density at radius 1 is 1.12 bits per heavy atom. The van der Waals surface area contributed by atoms with Crippen molar-refractivity contribution in [2.45, 2.75) is 58.9 Å². The molecular formula is C15H27NS. The van der Waals surface area contributed by atoms with E-state index in [4.69, 9.17) is 0 Å². The molecule has 1 atom stereocenters. The molecule has 1 aromatic rings. The molecule has 1 N–H and O–H groups in total. The summed E-state index contributed by atoms with van der Waals surface area (Å²) in [6.07, 6.45) is 6.48. The van der Waals surface area contributed by atoms with Gasteiger partial charge in [0.05, 0.1) is 0 Å². The molecule has 1 aromatic heterocycles. The Morgan fingerprint density at radius 3 is 2.29 bits per heavy atom. The Balaban J connectivity index is 2.71. The molecule has 0 saturated carbocycles. The number of thiophene rings is 1. The predicted octanol–water partition coefficient (Wildman–Crippen LogP) is 5.01. The third kappa shape index (κ3) is 4.81. The standard InChI is InChI=1S/C15H27NS/c1-4-8-13(9-5-2)15(16-11-6-3)14-10-7-12-17-14/h7,10,12-13,15-16H,4-6,8-9,11H2,1-3H3. The summed E-state index contributed by atoms with van der Waals surface area (Å²) < 4.78 is 0. The second-order valence-electron chi connectivity index (χ2n) is 4.78. The molecule has 98 valence electrons. The third-order valence-corrected chi connectivity index (χ3v) is 4.21. The fraction of sp³-hybridized carbons (Fsp3) is 0.733. The van der Waals surface area contributed by atoms with Crippen molar-refractivity contribution in [2.24, 2.45) is 5.92 Å². The van der Waals surface area contributed by atoms with E-state index in [1.54, 1.807) is 0 Å². The minimum Gasteiger partial charge on any atom is -0.309 e. The van der Waals surface area contributed by atoms with Gasteiger partial charge in [-0.05, 0) is 43.2 Å². The van der Waals surface area contributed by atoms with Crippen molar-refractivity contribution in [1.82, 2.24) is 5.32 Å². The predicted molar refractivity (Wildman–Crippen MR) is 78.7 cm³/mol. The molecule has 0 aliphatic rings. The first-order chi connectivity index (χ1) is 8.33. The van der Waals surface area contributed by atoms with Gasteiger partial charge in [-0.1, -0.05) is 39.7 Å². The van der Waals surface area contributed by atoms with Crippen LogP contribution in [0.3, 0.4) is 0 Å². The highest BCUT2D eigenvalue weighted by Gasteiger charge is 2.21. The smallest absolute Gasteiger partial charge is 0.0443 e. The lowest BCUT2D eigenvalue weighted by molar-refractivity contribution is 0.320. The highest BCUT2D eigenvalue weighted by molar-refractivity contribution is 7.10. The molecule has 0 aromatic carbocycles. The van der Waals surface area contributed by atoms with Crippen molar-refractivity contribution in [3.8, 4) is 0 Å². The van der Waals surface area contributed by atoms with Gasteiger partial charge < -0.3 is 5.32 Å². The van der Waals surface area contributed by atoms with Crippen LogP contribution in [0.2, 0.25) is 0 Å². The molecule has 0 bridgehead atoms. The Bertz CT molecular complexity index is 262. The fourth-order valence-corrected chi connectivity index (χ4v) is 3.38. The zero-order chi connectivity index (χ0) is 12.5. The van der Waals surface area contributed by atoms with Crippen LogP contribution in [0.1, 0.15) is 63.8 Å². The van der Waals surface area contributed by atoms with Gasteiger partial charge >= 0.3 is 0 Å². The average molecular weight is 253 g/mol. The van der Waals surface area contributed by atoms with E-state index in [1.165, 1.54) is 37.0 Å². The molecule has 2 heteroatoms. The van der Waals surface area contributed by atoms with Crippen LogP contribution in [0.25, 0.3) is 0 Å². The van der Waals surface area contributed by atoms with Crippen LogP contribution < -0.4 is 5.32 Å². The SMILES string of the molecule is CCCNC(c1cccs1)C(CCC)CCC. The van der Waals surface area contributed by atoms with Crippen molar-refractivity contribution in [1.29, 1.82) is 0 Å². The summed E-state index contributed by atoms with van der Waals surface area (Å²) in [5.74, 6) is 0.801. The summed E-state index contributed by atoms with van der Waals surface area (Å²) >= 11 is 1.90. The maximum Gasteiger partial charge on any atom is 0.0443 e. The van der Waals surface area contributed by atoms with Gasteiger partial charge in [-0.2, -0.15) is 0 Å². The summed E-state index contributed by atoms with van der Waals surface area (Å²) in [5, 5.41) is 5.95. The van der Waals surface area contributed by atoms with E-state index >= 15 is 0 Å². The highest BCUT2D eigenvalue weighted by Crippen LogP contribution is 2.32. The van der Waals surface area contributed by atoms with E-state index in [0.29, 0.717) is 6.04 Å². The van der Waals surface area contributed by atoms with Gasteiger partial charge in [0.1, 0.15) is 0 Å². The maximum absolute atomic E-state index is 3.75. The van der Waals surface area contributed by atoms with Crippen molar-refractivity contribution >= 4 is 11.3 Å². The van der Waals surface area contributed by atoms with Crippen molar-refractivity contribution in [2.75, 3.05) is 6.54 Å². The summed E-state index contributed by atoms with van der Waals surface area (Å²) in [7, 11) is 0.